The Hall–Kier alpha value is -2.45. The van der Waals surface area contributed by atoms with Gasteiger partial charge in [0.2, 0.25) is 0 Å². The third-order valence-corrected chi connectivity index (χ3v) is 5.14. The molecule has 1 aromatic rings. The van der Waals surface area contributed by atoms with E-state index >= 15 is 0 Å². The van der Waals surface area contributed by atoms with Gasteiger partial charge < -0.3 is 20.1 Å². The summed E-state index contributed by atoms with van der Waals surface area (Å²) in [5.74, 6) is 0.350. The van der Waals surface area contributed by atoms with Crippen LogP contribution in [0.25, 0.3) is 0 Å². The van der Waals surface area contributed by atoms with E-state index < -0.39 is 0 Å². The van der Waals surface area contributed by atoms with Crippen LogP contribution in [0.5, 0.6) is 0 Å². The summed E-state index contributed by atoms with van der Waals surface area (Å²) in [7, 11) is 0. The number of rotatable bonds is 10. The fraction of sp³-hybridized carbons (Fsp3) is 0.591. The summed E-state index contributed by atoms with van der Waals surface area (Å²) in [6.45, 7) is 7.93. The Bertz CT molecular complexity index is 726. The second-order valence-electron chi connectivity index (χ2n) is 7.64. The first-order valence-corrected chi connectivity index (χ1v) is 10.8. The number of benzene rings is 1. The number of carbonyl (C=O) groups excluding carboxylic acids is 2. The average Bonchev–Trinajstić information content (AvgIpc) is 3.35. The number of carbonyl (C=O) groups is 2. The van der Waals surface area contributed by atoms with Gasteiger partial charge in [0.15, 0.2) is 5.96 Å². The van der Waals surface area contributed by atoms with Crippen molar-refractivity contribution in [3.8, 4) is 0 Å². The van der Waals surface area contributed by atoms with Crippen LogP contribution in [-0.4, -0.2) is 74.3 Å². The van der Waals surface area contributed by atoms with Crippen molar-refractivity contribution in [2.45, 2.75) is 45.3 Å². The smallest absolute Gasteiger partial charge is 0.261 e. The zero-order valence-corrected chi connectivity index (χ0v) is 17.9. The van der Waals surface area contributed by atoms with Crippen LogP contribution >= 0.6 is 0 Å². The van der Waals surface area contributed by atoms with Crippen LogP contribution < -0.4 is 10.6 Å². The molecule has 164 valence electrons. The summed E-state index contributed by atoms with van der Waals surface area (Å²) in [6, 6.07) is 7.11. The molecule has 0 aromatic heterocycles. The predicted molar refractivity (Wildman–Crippen MR) is 115 cm³/mol. The third-order valence-electron chi connectivity index (χ3n) is 5.14. The van der Waals surface area contributed by atoms with Gasteiger partial charge in [-0.3, -0.25) is 19.5 Å². The van der Waals surface area contributed by atoms with Crippen molar-refractivity contribution in [2.75, 3.05) is 39.5 Å². The zero-order chi connectivity index (χ0) is 21.3. The molecule has 2 unspecified atom stereocenters. The monoisotopic (exact) mass is 416 g/mol. The molecule has 2 atom stereocenters. The van der Waals surface area contributed by atoms with E-state index in [-0.39, 0.29) is 24.0 Å². The van der Waals surface area contributed by atoms with Gasteiger partial charge >= 0.3 is 0 Å². The van der Waals surface area contributed by atoms with Gasteiger partial charge in [-0.1, -0.05) is 12.1 Å². The Morgan fingerprint density at radius 2 is 2.00 bits per heavy atom. The van der Waals surface area contributed by atoms with Crippen molar-refractivity contribution in [1.82, 2.24) is 15.5 Å². The summed E-state index contributed by atoms with van der Waals surface area (Å²) in [5, 5.41) is 6.59. The molecule has 1 aromatic carbocycles. The third kappa shape index (κ3) is 5.79. The van der Waals surface area contributed by atoms with E-state index in [9.17, 15) is 9.59 Å². The molecule has 0 aliphatic carbocycles. The lowest BCUT2D eigenvalue weighted by Crippen LogP contribution is -2.44. The predicted octanol–water partition coefficient (Wildman–Crippen LogP) is 1.81. The molecular formula is C22H32N4O4. The maximum atomic E-state index is 12.4. The van der Waals surface area contributed by atoms with E-state index in [0.29, 0.717) is 43.9 Å². The molecule has 1 saturated heterocycles. The lowest BCUT2D eigenvalue weighted by Gasteiger charge is -2.19. The number of ether oxygens (including phenoxy) is 2. The van der Waals surface area contributed by atoms with Crippen molar-refractivity contribution in [1.29, 1.82) is 0 Å². The van der Waals surface area contributed by atoms with Crippen LogP contribution in [0.2, 0.25) is 0 Å². The summed E-state index contributed by atoms with van der Waals surface area (Å²) in [4.78, 5) is 30.7. The first-order valence-electron chi connectivity index (χ1n) is 10.8. The number of aliphatic imine (C=N–C) groups is 1. The van der Waals surface area contributed by atoms with Crippen LogP contribution in [0, 0.1) is 0 Å². The second-order valence-corrected chi connectivity index (χ2v) is 7.64. The number of hydrogen-bond donors (Lipinski definition) is 2. The number of nitrogens with zero attached hydrogens (tertiary/aromatic N) is 2. The van der Waals surface area contributed by atoms with Gasteiger partial charge in [0, 0.05) is 32.3 Å². The SMILES string of the molecule is CCNC(=NCCCCN1C(=O)c2ccccc2C1=O)NC(C)COC1CCOC1. The molecule has 3 rings (SSSR count). The molecule has 8 heteroatoms. The summed E-state index contributed by atoms with van der Waals surface area (Å²) in [6.07, 6.45) is 2.65. The van der Waals surface area contributed by atoms with E-state index in [1.807, 2.05) is 6.92 Å². The number of unbranched alkanes of at least 4 members (excludes halogenated alkanes) is 1. The van der Waals surface area contributed by atoms with Gasteiger partial charge in [-0.05, 0) is 45.2 Å². The highest BCUT2D eigenvalue weighted by Gasteiger charge is 2.34. The van der Waals surface area contributed by atoms with Gasteiger partial charge in [0.25, 0.3) is 11.8 Å². The van der Waals surface area contributed by atoms with Gasteiger partial charge in [0.1, 0.15) is 0 Å². The van der Waals surface area contributed by atoms with Gasteiger partial charge in [-0.25, -0.2) is 0 Å². The average molecular weight is 417 g/mol. The standard InChI is InChI=1S/C22H32N4O4/c1-3-23-22(25-16(2)14-30-17-10-13-29-15-17)24-11-6-7-12-26-20(27)18-8-4-5-9-19(18)21(26)28/h4-5,8-9,16-17H,3,6-7,10-15H2,1-2H3,(H2,23,24,25). The Balaban J connectivity index is 1.39. The molecular weight excluding hydrogens is 384 g/mol. The van der Waals surface area contributed by atoms with Crippen LogP contribution in [0.4, 0.5) is 0 Å². The van der Waals surface area contributed by atoms with Gasteiger partial charge in [-0.15, -0.1) is 0 Å². The van der Waals surface area contributed by atoms with Crippen LogP contribution in [0.3, 0.4) is 0 Å². The van der Waals surface area contributed by atoms with Crippen molar-refractivity contribution in [3.63, 3.8) is 0 Å². The molecule has 2 heterocycles. The minimum absolute atomic E-state index is 0.127. The maximum Gasteiger partial charge on any atom is 0.261 e. The first-order chi connectivity index (χ1) is 14.6. The Kier molecular flexibility index (Phi) is 8.21. The lowest BCUT2D eigenvalue weighted by atomic mass is 10.1. The number of hydrogen-bond acceptors (Lipinski definition) is 5. The highest BCUT2D eigenvalue weighted by atomic mass is 16.5. The molecule has 2 aliphatic heterocycles. The number of nitrogens with one attached hydrogen (secondary N) is 2. The van der Waals surface area contributed by atoms with E-state index in [4.69, 9.17) is 9.47 Å². The zero-order valence-electron chi connectivity index (χ0n) is 17.9. The molecule has 2 N–H and O–H groups in total. The Labute approximate surface area is 178 Å². The van der Waals surface area contributed by atoms with Gasteiger partial charge in [0.05, 0.1) is 30.4 Å². The number of amides is 2. The van der Waals surface area contributed by atoms with Gasteiger partial charge in [-0.2, -0.15) is 0 Å². The summed E-state index contributed by atoms with van der Waals surface area (Å²) in [5.41, 5.74) is 0.999. The minimum atomic E-state index is -0.199. The highest BCUT2D eigenvalue weighted by Crippen LogP contribution is 2.22. The molecule has 0 bridgehead atoms. The topological polar surface area (TPSA) is 92.3 Å². The maximum absolute atomic E-state index is 12.4. The molecule has 1 fully saturated rings. The van der Waals surface area contributed by atoms with E-state index in [1.165, 1.54) is 4.90 Å². The molecule has 8 nitrogen and oxygen atoms in total. The van der Waals surface area contributed by atoms with Crippen molar-refractivity contribution >= 4 is 17.8 Å². The lowest BCUT2D eigenvalue weighted by molar-refractivity contribution is 0.0347. The highest BCUT2D eigenvalue weighted by molar-refractivity contribution is 6.21. The molecule has 0 spiro atoms. The van der Waals surface area contributed by atoms with E-state index in [2.05, 4.69) is 22.5 Å². The van der Waals surface area contributed by atoms with Crippen molar-refractivity contribution < 1.29 is 19.1 Å². The van der Waals surface area contributed by atoms with Crippen LogP contribution in [-0.2, 0) is 9.47 Å². The second kappa shape index (κ2) is 11.1. The quantitative estimate of drug-likeness (QED) is 0.262. The van der Waals surface area contributed by atoms with E-state index in [0.717, 1.165) is 32.0 Å². The minimum Gasteiger partial charge on any atom is -0.379 e. The van der Waals surface area contributed by atoms with Crippen LogP contribution in [0.1, 0.15) is 53.8 Å². The molecule has 2 amide bonds. The molecule has 2 aliphatic rings. The van der Waals surface area contributed by atoms with Crippen molar-refractivity contribution in [3.05, 3.63) is 35.4 Å². The molecule has 30 heavy (non-hydrogen) atoms. The molecule has 0 radical (unpaired) electrons. The van der Waals surface area contributed by atoms with Crippen molar-refractivity contribution in [2.24, 2.45) is 4.99 Å². The number of guanidine groups is 1. The van der Waals surface area contributed by atoms with Crippen LogP contribution in [0.15, 0.2) is 29.3 Å². The Morgan fingerprint density at radius 3 is 2.63 bits per heavy atom. The fourth-order valence-electron chi connectivity index (χ4n) is 3.53. The largest absolute Gasteiger partial charge is 0.379 e. The normalized spacial score (nSPS) is 19.9. The molecule has 0 saturated carbocycles. The summed E-state index contributed by atoms with van der Waals surface area (Å²) < 4.78 is 11.2. The summed E-state index contributed by atoms with van der Waals surface area (Å²) >= 11 is 0. The van der Waals surface area contributed by atoms with E-state index in [1.54, 1.807) is 24.3 Å². The Morgan fingerprint density at radius 1 is 1.27 bits per heavy atom. The number of fused-ring (bicyclic) bond motifs is 1. The first kappa shape index (κ1) is 22.2. The number of imide groups is 1. The fourth-order valence-corrected chi connectivity index (χ4v) is 3.53.